The minimum absolute atomic E-state index is 0.00628. The fourth-order valence-corrected chi connectivity index (χ4v) is 3.64. The zero-order chi connectivity index (χ0) is 15.0. The third-order valence-electron chi connectivity index (χ3n) is 3.60. The molecule has 0 saturated carbocycles. The molecule has 2 aromatic rings. The number of benzene rings is 2. The van der Waals surface area contributed by atoms with Crippen LogP contribution in [0.2, 0.25) is 0 Å². The van der Waals surface area contributed by atoms with Crippen LogP contribution in [0.5, 0.6) is 0 Å². The third-order valence-corrected chi connectivity index (χ3v) is 5.41. The highest BCUT2D eigenvalue weighted by atomic mass is 32.2. The Morgan fingerprint density at radius 3 is 2.33 bits per heavy atom. The van der Waals surface area contributed by atoms with Gasteiger partial charge in [0.15, 0.2) is 15.9 Å². The number of carbonyl (C=O) groups is 1. The number of cyclic esters (lactones) is 1. The van der Waals surface area contributed by atoms with E-state index in [2.05, 4.69) is 0 Å². The van der Waals surface area contributed by atoms with Crippen LogP contribution >= 0.6 is 0 Å². The monoisotopic (exact) mass is 302 g/mol. The molecule has 0 fully saturated rings. The van der Waals surface area contributed by atoms with Crippen molar-refractivity contribution in [3.8, 4) is 0 Å². The van der Waals surface area contributed by atoms with Gasteiger partial charge in [-0.25, -0.2) is 13.2 Å². The average Bonchev–Trinajstić information content (AvgIpc) is 2.85. The molecule has 3 rings (SSSR count). The van der Waals surface area contributed by atoms with Crippen LogP contribution in [0, 0.1) is 0 Å². The van der Waals surface area contributed by atoms with E-state index in [1.807, 2.05) is 6.07 Å². The highest BCUT2D eigenvalue weighted by Gasteiger charge is 2.34. The largest absolute Gasteiger partial charge is 0.449 e. The van der Waals surface area contributed by atoms with Crippen LogP contribution in [0.1, 0.15) is 34.5 Å². The molecule has 1 unspecified atom stereocenters. The van der Waals surface area contributed by atoms with Crippen LogP contribution in [-0.2, 0) is 14.6 Å². The summed E-state index contributed by atoms with van der Waals surface area (Å²) < 4.78 is 29.9. The van der Waals surface area contributed by atoms with Crippen molar-refractivity contribution in [2.45, 2.75) is 17.9 Å². The lowest BCUT2D eigenvalue weighted by Crippen LogP contribution is -2.11. The third kappa shape index (κ3) is 2.23. The highest BCUT2D eigenvalue weighted by molar-refractivity contribution is 7.91. The summed E-state index contributed by atoms with van der Waals surface area (Å²) in [6.45, 7) is 1.60. The van der Waals surface area contributed by atoms with E-state index in [-0.39, 0.29) is 10.6 Å². The Morgan fingerprint density at radius 2 is 1.62 bits per heavy atom. The Bertz CT molecular complexity index is 809. The number of esters is 1. The van der Waals surface area contributed by atoms with Crippen molar-refractivity contribution in [1.82, 2.24) is 0 Å². The van der Waals surface area contributed by atoms with Gasteiger partial charge in [-0.3, -0.25) is 0 Å². The van der Waals surface area contributed by atoms with Gasteiger partial charge >= 0.3 is 5.97 Å². The lowest BCUT2D eigenvalue weighted by Gasteiger charge is -2.15. The molecule has 0 aliphatic carbocycles. The van der Waals surface area contributed by atoms with Gasteiger partial charge in [-0.1, -0.05) is 43.3 Å². The van der Waals surface area contributed by atoms with Crippen LogP contribution in [0.25, 0.3) is 0 Å². The van der Waals surface area contributed by atoms with Crippen LogP contribution in [0.4, 0.5) is 0 Å². The number of sulfone groups is 1. The molecule has 21 heavy (non-hydrogen) atoms. The predicted octanol–water partition coefficient (Wildman–Crippen LogP) is 2.74. The Labute approximate surface area is 123 Å². The quantitative estimate of drug-likeness (QED) is 0.818. The van der Waals surface area contributed by atoms with E-state index in [1.165, 1.54) is 0 Å². The molecule has 0 bridgehead atoms. The predicted molar refractivity (Wildman–Crippen MR) is 77.9 cm³/mol. The van der Waals surface area contributed by atoms with Gasteiger partial charge in [-0.05, 0) is 12.1 Å². The normalized spacial score (nSPS) is 17.4. The van der Waals surface area contributed by atoms with Gasteiger partial charge in [0.25, 0.3) is 0 Å². The molecule has 4 nitrogen and oxygen atoms in total. The first kappa shape index (κ1) is 13.8. The highest BCUT2D eigenvalue weighted by Crippen LogP contribution is 2.38. The summed E-state index contributed by atoms with van der Waals surface area (Å²) in [4.78, 5) is 12.1. The minimum atomic E-state index is -3.38. The van der Waals surface area contributed by atoms with Crippen molar-refractivity contribution in [1.29, 1.82) is 0 Å². The molecule has 0 amide bonds. The standard InChI is InChI=1S/C16H14O4S/c1-2-21(18,19)14-10-6-5-9-13(14)15-11-7-3-4-8-12(11)16(17)20-15/h3-10,15H,2H2,1H3. The number of rotatable bonds is 3. The number of carbonyl (C=O) groups excluding carboxylic acids is 1. The lowest BCUT2D eigenvalue weighted by atomic mass is 9.99. The summed E-state index contributed by atoms with van der Waals surface area (Å²) >= 11 is 0. The lowest BCUT2D eigenvalue weighted by molar-refractivity contribution is 0.0451. The average molecular weight is 302 g/mol. The van der Waals surface area contributed by atoms with Gasteiger partial charge in [-0.15, -0.1) is 0 Å². The SMILES string of the molecule is CCS(=O)(=O)c1ccccc1C1OC(=O)c2ccccc21. The fourth-order valence-electron chi connectivity index (χ4n) is 2.51. The van der Waals surface area contributed by atoms with Gasteiger partial charge < -0.3 is 4.74 Å². The van der Waals surface area contributed by atoms with E-state index in [0.717, 1.165) is 0 Å². The molecular formula is C16H14O4S. The Morgan fingerprint density at radius 1 is 1.00 bits per heavy atom. The van der Waals surface area contributed by atoms with E-state index in [9.17, 15) is 13.2 Å². The van der Waals surface area contributed by atoms with E-state index in [0.29, 0.717) is 16.7 Å². The Kier molecular flexibility index (Phi) is 3.29. The maximum absolute atomic E-state index is 12.2. The first-order valence-corrected chi connectivity index (χ1v) is 8.31. The van der Waals surface area contributed by atoms with Crippen LogP contribution in [-0.4, -0.2) is 20.1 Å². The molecule has 1 aliphatic heterocycles. The molecule has 0 spiro atoms. The van der Waals surface area contributed by atoms with Gasteiger partial charge in [0.2, 0.25) is 0 Å². The number of hydrogen-bond donors (Lipinski definition) is 0. The second-order valence-electron chi connectivity index (χ2n) is 4.81. The zero-order valence-electron chi connectivity index (χ0n) is 11.4. The fraction of sp³-hybridized carbons (Fsp3) is 0.188. The van der Waals surface area contributed by atoms with E-state index >= 15 is 0 Å². The zero-order valence-corrected chi connectivity index (χ0v) is 12.3. The van der Waals surface area contributed by atoms with Crippen molar-refractivity contribution in [2.75, 3.05) is 5.75 Å². The molecule has 1 aliphatic rings. The molecule has 1 heterocycles. The molecule has 0 radical (unpaired) electrons. The van der Waals surface area contributed by atoms with Gasteiger partial charge in [0.05, 0.1) is 16.2 Å². The number of fused-ring (bicyclic) bond motifs is 1. The molecule has 5 heteroatoms. The molecule has 0 saturated heterocycles. The van der Waals surface area contributed by atoms with Crippen molar-refractivity contribution in [3.05, 3.63) is 65.2 Å². The molecule has 0 aromatic heterocycles. The first-order valence-electron chi connectivity index (χ1n) is 6.66. The molecule has 1 atom stereocenters. The summed E-state index contributed by atoms with van der Waals surface area (Å²) in [7, 11) is -3.38. The second kappa shape index (κ2) is 5.00. The van der Waals surface area contributed by atoms with Gasteiger partial charge in [-0.2, -0.15) is 0 Å². The van der Waals surface area contributed by atoms with Gasteiger partial charge in [0, 0.05) is 11.1 Å². The topological polar surface area (TPSA) is 60.4 Å². The molecule has 0 N–H and O–H groups in total. The summed E-state index contributed by atoms with van der Waals surface area (Å²) in [6, 6.07) is 13.7. The van der Waals surface area contributed by atoms with Gasteiger partial charge in [0.1, 0.15) is 0 Å². The molecular weight excluding hydrogens is 288 g/mol. The summed E-state index contributed by atoms with van der Waals surface area (Å²) in [6.07, 6.45) is -0.661. The van der Waals surface area contributed by atoms with E-state index in [1.54, 1.807) is 49.4 Å². The summed E-state index contributed by atoms with van der Waals surface area (Å²) in [5, 5.41) is 0. The maximum atomic E-state index is 12.2. The summed E-state index contributed by atoms with van der Waals surface area (Å²) in [5.41, 5.74) is 1.71. The number of hydrogen-bond acceptors (Lipinski definition) is 4. The van der Waals surface area contributed by atoms with Crippen molar-refractivity contribution < 1.29 is 17.9 Å². The van der Waals surface area contributed by atoms with Crippen molar-refractivity contribution in [2.24, 2.45) is 0 Å². The van der Waals surface area contributed by atoms with E-state index in [4.69, 9.17) is 4.74 Å². The second-order valence-corrected chi connectivity index (χ2v) is 7.06. The Hall–Kier alpha value is -2.14. The van der Waals surface area contributed by atoms with Crippen LogP contribution < -0.4 is 0 Å². The molecule has 2 aromatic carbocycles. The minimum Gasteiger partial charge on any atom is -0.449 e. The van der Waals surface area contributed by atoms with E-state index < -0.39 is 21.9 Å². The number of ether oxygens (including phenoxy) is 1. The maximum Gasteiger partial charge on any atom is 0.339 e. The Balaban J connectivity index is 2.18. The summed E-state index contributed by atoms with van der Waals surface area (Å²) in [5.74, 6) is -0.411. The molecule has 108 valence electrons. The van der Waals surface area contributed by atoms with Crippen molar-refractivity contribution >= 4 is 15.8 Å². The van der Waals surface area contributed by atoms with Crippen molar-refractivity contribution in [3.63, 3.8) is 0 Å². The van der Waals surface area contributed by atoms with Crippen LogP contribution in [0.3, 0.4) is 0 Å². The van der Waals surface area contributed by atoms with Crippen LogP contribution in [0.15, 0.2) is 53.4 Å². The smallest absolute Gasteiger partial charge is 0.339 e. The first-order chi connectivity index (χ1) is 10.0.